The molecule has 2 N–H and O–H groups in total. The van der Waals surface area contributed by atoms with Crippen LogP contribution in [0.5, 0.6) is 0 Å². The van der Waals surface area contributed by atoms with Crippen molar-refractivity contribution in [3.8, 4) is 33.4 Å². The number of rotatable bonds is 25. The van der Waals surface area contributed by atoms with E-state index < -0.39 is 12.2 Å². The number of nitrogens with one attached hydrogen (secondary N) is 2. The number of amides is 2. The lowest BCUT2D eigenvalue weighted by Crippen LogP contribution is -2.14. The highest BCUT2D eigenvalue weighted by molar-refractivity contribution is 6.14. The molecule has 6 nitrogen and oxygen atoms in total. The number of hydrogen-bond acceptors (Lipinski definition) is 4. The summed E-state index contributed by atoms with van der Waals surface area (Å²) in [7, 11) is 0. The van der Waals surface area contributed by atoms with Crippen molar-refractivity contribution in [1.29, 1.82) is 0 Å². The van der Waals surface area contributed by atoms with Crippen LogP contribution in [0, 0.1) is 0 Å². The third kappa shape index (κ3) is 13.2. The standard InChI is InChI=1S/C58H72N2O4/c1-5-9-13-15-17-19-25-45-41-53(43-31-35-47(36-32-43)59-57(61)63-39-11-7-3)49-27-21-23-29-51(49)55(45)56-46(26-20-18-16-14-10-6-2)42-54(50-28-22-24-30-52(50)56)44-33-37-48(38-34-44)60-58(62)64-40-12-8-4/h21-24,27-38,41-42H,5-20,25-26,39-40H2,1-4H3,(H,59,61)(H,60,62)/i41D. The summed E-state index contributed by atoms with van der Waals surface area (Å²) in [5, 5.41) is 10.3. The summed E-state index contributed by atoms with van der Waals surface area (Å²) >= 11 is 0. The van der Waals surface area contributed by atoms with Gasteiger partial charge in [-0.3, -0.25) is 10.6 Å². The monoisotopic (exact) mass is 862 g/mol. The van der Waals surface area contributed by atoms with E-state index >= 15 is 0 Å². The van der Waals surface area contributed by atoms with Crippen LogP contribution >= 0.6 is 0 Å². The average Bonchev–Trinajstić information content (AvgIpc) is 3.32. The average molecular weight is 862 g/mol. The Labute approximate surface area is 385 Å². The van der Waals surface area contributed by atoms with Crippen molar-refractivity contribution in [3.05, 3.63) is 120 Å². The maximum absolute atomic E-state index is 12.5. The molecule has 6 heteroatoms. The van der Waals surface area contributed by atoms with Gasteiger partial charge in [-0.1, -0.05) is 178 Å². The van der Waals surface area contributed by atoms with Crippen LogP contribution in [0.15, 0.2) is 109 Å². The highest BCUT2D eigenvalue weighted by Gasteiger charge is 2.22. The number of carbonyl (C=O) groups is 2. The van der Waals surface area contributed by atoms with Crippen molar-refractivity contribution < 1.29 is 20.4 Å². The van der Waals surface area contributed by atoms with Crippen LogP contribution in [0.1, 0.15) is 143 Å². The fourth-order valence-corrected chi connectivity index (χ4v) is 8.78. The summed E-state index contributed by atoms with van der Waals surface area (Å²) in [6.07, 6.45) is 18.7. The Morgan fingerprint density at radius 3 is 1.33 bits per heavy atom. The van der Waals surface area contributed by atoms with E-state index in [1.165, 1.54) is 79.9 Å². The molecule has 0 fully saturated rings. The number of aryl methyl sites for hydroxylation is 1. The maximum atomic E-state index is 12.5. The van der Waals surface area contributed by atoms with Gasteiger partial charge in [0.05, 0.1) is 14.6 Å². The molecule has 0 aliphatic heterocycles. The van der Waals surface area contributed by atoms with Crippen LogP contribution in [0.3, 0.4) is 0 Å². The second-order valence-corrected chi connectivity index (χ2v) is 17.3. The van der Waals surface area contributed by atoms with Crippen molar-refractivity contribution in [2.24, 2.45) is 0 Å². The molecule has 64 heavy (non-hydrogen) atoms. The van der Waals surface area contributed by atoms with E-state index in [1.807, 2.05) is 36.4 Å². The van der Waals surface area contributed by atoms with E-state index in [2.05, 4.69) is 105 Å². The summed E-state index contributed by atoms with van der Waals surface area (Å²) in [5.41, 5.74) is 10.3. The molecule has 0 aromatic heterocycles. The molecular weight excluding hydrogens is 789 g/mol. The Kier molecular flexibility index (Phi) is 18.6. The van der Waals surface area contributed by atoms with Crippen LogP contribution in [0.25, 0.3) is 54.9 Å². The molecule has 6 rings (SSSR count). The quantitative estimate of drug-likeness (QED) is 0.0562. The SMILES string of the molecule is [2H]c1c(CCCCCCCC)c(-c2c(CCCCCCCC)cc(-c3ccc(NC(=O)OCCCC)cc3)c3ccccc23)c2ccccc2c1-c1ccc(NC(=O)OCCCC)cc1. The first-order valence-corrected chi connectivity index (χ1v) is 24.6. The predicted octanol–water partition coefficient (Wildman–Crippen LogP) is 17.5. The molecule has 0 saturated carbocycles. The van der Waals surface area contributed by atoms with Gasteiger partial charge < -0.3 is 9.47 Å². The Balaban J connectivity index is 1.50. The number of fused-ring (bicyclic) bond motifs is 2. The number of hydrogen-bond donors (Lipinski definition) is 2. The number of unbranched alkanes of at least 4 members (excludes halogenated alkanes) is 12. The fraction of sp³-hybridized carbons (Fsp3) is 0.414. The zero-order valence-electron chi connectivity index (χ0n) is 40.1. The van der Waals surface area contributed by atoms with Crippen LogP contribution in [0.2, 0.25) is 0 Å². The molecule has 0 atom stereocenters. The third-order valence-electron chi connectivity index (χ3n) is 12.3. The van der Waals surface area contributed by atoms with Crippen molar-refractivity contribution in [2.45, 2.75) is 143 Å². The molecule has 0 aliphatic rings. The molecular formula is C58H72N2O4. The Morgan fingerprint density at radius 2 is 0.844 bits per heavy atom. The van der Waals surface area contributed by atoms with E-state index in [0.717, 1.165) is 102 Å². The summed E-state index contributed by atoms with van der Waals surface area (Å²) in [6.45, 7) is 9.48. The Bertz CT molecular complexity index is 2440. The molecule has 0 spiro atoms. The van der Waals surface area contributed by atoms with Gasteiger partial charge in [-0.2, -0.15) is 0 Å². The van der Waals surface area contributed by atoms with Crippen LogP contribution < -0.4 is 10.6 Å². The van der Waals surface area contributed by atoms with E-state index in [4.69, 9.17) is 9.47 Å². The summed E-state index contributed by atoms with van der Waals surface area (Å²) in [5.74, 6) is 0. The lowest BCUT2D eigenvalue weighted by Gasteiger charge is -2.23. The topological polar surface area (TPSA) is 76.7 Å². The minimum absolute atomic E-state index is 0.393. The van der Waals surface area contributed by atoms with E-state index in [9.17, 15) is 11.0 Å². The fourth-order valence-electron chi connectivity index (χ4n) is 8.78. The van der Waals surface area contributed by atoms with Crippen molar-refractivity contribution >= 4 is 45.1 Å². The predicted molar refractivity (Wildman–Crippen MR) is 272 cm³/mol. The molecule has 6 aromatic rings. The first-order chi connectivity index (χ1) is 31.9. The number of ether oxygens (including phenoxy) is 2. The van der Waals surface area contributed by atoms with Crippen LogP contribution in [-0.4, -0.2) is 25.4 Å². The van der Waals surface area contributed by atoms with E-state index in [0.29, 0.717) is 30.6 Å². The molecule has 0 aliphatic carbocycles. The second-order valence-electron chi connectivity index (χ2n) is 17.3. The first kappa shape index (κ1) is 46.4. The molecule has 338 valence electrons. The van der Waals surface area contributed by atoms with Crippen LogP contribution in [-0.2, 0) is 22.3 Å². The van der Waals surface area contributed by atoms with Crippen molar-refractivity contribution in [1.82, 2.24) is 0 Å². The van der Waals surface area contributed by atoms with E-state index in [-0.39, 0.29) is 0 Å². The lowest BCUT2D eigenvalue weighted by atomic mass is 9.80. The van der Waals surface area contributed by atoms with Crippen LogP contribution in [0.4, 0.5) is 21.0 Å². The van der Waals surface area contributed by atoms with Crippen molar-refractivity contribution in [3.63, 3.8) is 0 Å². The minimum Gasteiger partial charge on any atom is -0.449 e. The molecule has 0 bridgehead atoms. The number of anilines is 2. The largest absolute Gasteiger partial charge is 0.449 e. The summed E-state index contributed by atoms with van der Waals surface area (Å²) in [4.78, 5) is 25.0. The normalized spacial score (nSPS) is 11.5. The Morgan fingerprint density at radius 1 is 0.453 bits per heavy atom. The molecule has 0 unspecified atom stereocenters. The molecule has 0 radical (unpaired) electrons. The zero-order chi connectivity index (χ0) is 45.8. The van der Waals surface area contributed by atoms with Gasteiger partial charge in [-0.25, -0.2) is 9.59 Å². The van der Waals surface area contributed by atoms with Gasteiger partial charge in [0, 0.05) is 11.4 Å². The maximum Gasteiger partial charge on any atom is 0.411 e. The van der Waals surface area contributed by atoms with E-state index in [1.54, 1.807) is 0 Å². The summed E-state index contributed by atoms with van der Waals surface area (Å²) in [6, 6.07) is 36.5. The number of benzene rings is 6. The molecule has 0 saturated heterocycles. The van der Waals surface area contributed by atoms with Gasteiger partial charge in [0.1, 0.15) is 0 Å². The number of carbonyl (C=O) groups excluding carboxylic acids is 2. The van der Waals surface area contributed by atoms with Gasteiger partial charge in [0.25, 0.3) is 0 Å². The first-order valence-electron chi connectivity index (χ1n) is 25.1. The molecule has 2 amide bonds. The molecule has 0 heterocycles. The van der Waals surface area contributed by atoms with Gasteiger partial charge in [0.2, 0.25) is 0 Å². The minimum atomic E-state index is -0.452. The Hall–Kier alpha value is -5.62. The van der Waals surface area contributed by atoms with Gasteiger partial charge in [0.15, 0.2) is 0 Å². The lowest BCUT2D eigenvalue weighted by molar-refractivity contribution is 0.159. The van der Waals surface area contributed by atoms with Gasteiger partial charge in [-0.05, 0) is 141 Å². The molecule has 6 aromatic carbocycles. The highest BCUT2D eigenvalue weighted by Crippen LogP contribution is 2.46. The summed E-state index contributed by atoms with van der Waals surface area (Å²) < 4.78 is 21.0. The van der Waals surface area contributed by atoms with Crippen molar-refractivity contribution in [2.75, 3.05) is 23.8 Å². The van der Waals surface area contributed by atoms with Gasteiger partial charge in [-0.15, -0.1) is 0 Å². The highest BCUT2D eigenvalue weighted by atomic mass is 16.6. The smallest absolute Gasteiger partial charge is 0.411 e. The van der Waals surface area contributed by atoms with Gasteiger partial charge >= 0.3 is 12.2 Å². The zero-order valence-corrected chi connectivity index (χ0v) is 39.1. The third-order valence-corrected chi connectivity index (χ3v) is 12.3. The second kappa shape index (κ2) is 25.6.